The largest absolute Gasteiger partial charge is 0.344 e. The Labute approximate surface area is 122 Å². The Kier molecular flexibility index (Phi) is 4.25. The fraction of sp³-hybridized carbons (Fsp3) is 0.200. The van der Waals surface area contributed by atoms with Crippen LogP contribution < -0.4 is 4.90 Å². The minimum Gasteiger partial charge on any atom is -0.344 e. The molecule has 0 spiro atoms. The Bertz CT molecular complexity index is 644. The summed E-state index contributed by atoms with van der Waals surface area (Å²) in [5, 5.41) is 10.8. The number of alkyl halides is 1. The van der Waals surface area contributed by atoms with Gasteiger partial charge in [0.15, 0.2) is 0 Å². The molecule has 0 saturated heterocycles. The third-order valence-electron chi connectivity index (χ3n) is 3.17. The minimum atomic E-state index is -0.410. The first-order valence-electron chi connectivity index (χ1n) is 6.16. The van der Waals surface area contributed by atoms with Crippen molar-refractivity contribution < 1.29 is 4.92 Å². The Morgan fingerprint density at radius 2 is 2.00 bits per heavy atom. The number of rotatable bonds is 4. The zero-order valence-electron chi connectivity index (χ0n) is 11.3. The molecule has 0 heterocycles. The van der Waals surface area contributed by atoms with Gasteiger partial charge >= 0.3 is 0 Å². The summed E-state index contributed by atoms with van der Waals surface area (Å²) >= 11 is 5.92. The molecule has 2 aromatic rings. The normalized spacial score (nSPS) is 10.3. The summed E-state index contributed by atoms with van der Waals surface area (Å²) in [5.41, 5.74) is 3.84. The first-order chi connectivity index (χ1) is 9.52. The highest BCUT2D eigenvalue weighted by Crippen LogP contribution is 2.31. The van der Waals surface area contributed by atoms with E-state index in [1.54, 1.807) is 6.07 Å². The van der Waals surface area contributed by atoms with Crippen LogP contribution in [-0.2, 0) is 5.88 Å². The van der Waals surface area contributed by atoms with Crippen LogP contribution in [0.2, 0.25) is 0 Å². The number of halogens is 1. The molecule has 5 heteroatoms. The van der Waals surface area contributed by atoms with Gasteiger partial charge in [-0.1, -0.05) is 12.1 Å². The average molecular weight is 291 g/mol. The van der Waals surface area contributed by atoms with Crippen molar-refractivity contribution in [3.05, 3.63) is 63.7 Å². The molecule has 0 amide bonds. The molecule has 4 nitrogen and oxygen atoms in total. The lowest BCUT2D eigenvalue weighted by molar-refractivity contribution is -0.384. The van der Waals surface area contributed by atoms with E-state index in [9.17, 15) is 10.1 Å². The van der Waals surface area contributed by atoms with Gasteiger partial charge in [0.25, 0.3) is 5.69 Å². The summed E-state index contributed by atoms with van der Waals surface area (Å²) in [5.74, 6) is 0.229. The number of nitro groups is 1. The summed E-state index contributed by atoms with van der Waals surface area (Å²) in [4.78, 5) is 12.4. The van der Waals surface area contributed by atoms with Gasteiger partial charge in [0.2, 0.25) is 0 Å². The van der Waals surface area contributed by atoms with E-state index in [1.165, 1.54) is 12.1 Å². The molecule has 0 aromatic heterocycles. The first-order valence-corrected chi connectivity index (χ1v) is 6.70. The molecule has 20 heavy (non-hydrogen) atoms. The maximum Gasteiger partial charge on any atom is 0.269 e. The van der Waals surface area contributed by atoms with Crippen molar-refractivity contribution in [3.8, 4) is 0 Å². The molecule has 0 atom stereocenters. The van der Waals surface area contributed by atoms with Gasteiger partial charge < -0.3 is 4.90 Å². The first kappa shape index (κ1) is 14.3. The Hall–Kier alpha value is -2.07. The second-order valence-corrected chi connectivity index (χ2v) is 4.87. The number of nitrogens with zero attached hydrogens (tertiary/aromatic N) is 2. The summed E-state index contributed by atoms with van der Waals surface area (Å²) in [6.45, 7) is 2.02. The van der Waals surface area contributed by atoms with Gasteiger partial charge in [-0.2, -0.15) is 0 Å². The van der Waals surface area contributed by atoms with E-state index in [4.69, 9.17) is 11.6 Å². The van der Waals surface area contributed by atoms with Crippen molar-refractivity contribution in [2.24, 2.45) is 0 Å². The van der Waals surface area contributed by atoms with Crippen LogP contribution in [0.4, 0.5) is 17.1 Å². The predicted octanol–water partition coefficient (Wildman–Crippen LogP) is 4.41. The van der Waals surface area contributed by atoms with Crippen molar-refractivity contribution >= 4 is 28.7 Å². The summed E-state index contributed by atoms with van der Waals surface area (Å²) in [6, 6.07) is 12.8. The number of nitro benzene ring substituents is 1. The fourth-order valence-electron chi connectivity index (χ4n) is 2.10. The molecule has 0 bridgehead atoms. The van der Waals surface area contributed by atoms with Crippen LogP contribution in [0, 0.1) is 17.0 Å². The van der Waals surface area contributed by atoms with Crippen LogP contribution in [0.25, 0.3) is 0 Å². The van der Waals surface area contributed by atoms with Gasteiger partial charge in [0.1, 0.15) is 0 Å². The molecule has 0 aliphatic heterocycles. The van der Waals surface area contributed by atoms with E-state index in [1.807, 2.05) is 37.1 Å². The van der Waals surface area contributed by atoms with E-state index >= 15 is 0 Å². The maximum absolute atomic E-state index is 10.8. The van der Waals surface area contributed by atoms with Gasteiger partial charge in [-0.3, -0.25) is 10.1 Å². The summed E-state index contributed by atoms with van der Waals surface area (Å²) in [6.07, 6.45) is 0. The number of benzene rings is 2. The molecular formula is C15H15ClN2O2. The van der Waals surface area contributed by atoms with Crippen LogP contribution in [0.5, 0.6) is 0 Å². The van der Waals surface area contributed by atoms with E-state index in [0.717, 1.165) is 22.5 Å². The highest BCUT2D eigenvalue weighted by atomic mass is 35.5. The third-order valence-corrected chi connectivity index (χ3v) is 3.46. The zero-order chi connectivity index (χ0) is 14.7. The average Bonchev–Trinajstić information content (AvgIpc) is 2.45. The Morgan fingerprint density at radius 3 is 2.60 bits per heavy atom. The second kappa shape index (κ2) is 5.92. The molecule has 0 N–H and O–H groups in total. The molecule has 0 aliphatic carbocycles. The fourth-order valence-corrected chi connectivity index (χ4v) is 2.31. The third kappa shape index (κ3) is 2.91. The highest BCUT2D eigenvalue weighted by molar-refractivity contribution is 6.17. The van der Waals surface area contributed by atoms with Crippen molar-refractivity contribution in [3.63, 3.8) is 0 Å². The van der Waals surface area contributed by atoms with Gasteiger partial charge in [-0.05, 0) is 36.2 Å². The van der Waals surface area contributed by atoms with Crippen molar-refractivity contribution in [1.82, 2.24) is 0 Å². The lowest BCUT2D eigenvalue weighted by Gasteiger charge is -2.22. The van der Waals surface area contributed by atoms with Crippen LogP contribution >= 0.6 is 11.6 Å². The molecule has 2 aromatic carbocycles. The van der Waals surface area contributed by atoms with Crippen LogP contribution in [0.1, 0.15) is 11.1 Å². The predicted molar refractivity (Wildman–Crippen MR) is 81.9 cm³/mol. The van der Waals surface area contributed by atoms with Crippen LogP contribution in [0.15, 0.2) is 42.5 Å². The van der Waals surface area contributed by atoms with Gasteiger partial charge in [-0.15, -0.1) is 11.6 Å². The SMILES string of the molecule is Cc1cccc(N(C)c2ccc([N+](=O)[O-])cc2CCl)c1. The van der Waals surface area contributed by atoms with Crippen molar-refractivity contribution in [2.75, 3.05) is 11.9 Å². The van der Waals surface area contributed by atoms with Crippen molar-refractivity contribution in [1.29, 1.82) is 0 Å². The highest BCUT2D eigenvalue weighted by Gasteiger charge is 2.14. The molecule has 2 rings (SSSR count). The maximum atomic E-state index is 10.8. The van der Waals surface area contributed by atoms with E-state index < -0.39 is 4.92 Å². The van der Waals surface area contributed by atoms with Crippen LogP contribution in [-0.4, -0.2) is 12.0 Å². The number of non-ortho nitro benzene ring substituents is 1. The van der Waals surface area contributed by atoms with Crippen molar-refractivity contribution in [2.45, 2.75) is 12.8 Å². The number of hydrogen-bond donors (Lipinski definition) is 0. The smallest absolute Gasteiger partial charge is 0.269 e. The lowest BCUT2D eigenvalue weighted by Crippen LogP contribution is -2.11. The van der Waals surface area contributed by atoms with E-state index in [2.05, 4.69) is 6.07 Å². The monoisotopic (exact) mass is 290 g/mol. The van der Waals surface area contributed by atoms with Gasteiger partial charge in [0.05, 0.1) is 4.92 Å². The zero-order valence-corrected chi connectivity index (χ0v) is 12.1. The topological polar surface area (TPSA) is 46.4 Å². The quantitative estimate of drug-likeness (QED) is 0.476. The summed E-state index contributed by atoms with van der Waals surface area (Å²) < 4.78 is 0. The Balaban J connectivity index is 2.44. The van der Waals surface area contributed by atoms with Crippen LogP contribution in [0.3, 0.4) is 0 Å². The molecule has 0 aliphatic rings. The van der Waals surface area contributed by atoms with E-state index in [0.29, 0.717) is 0 Å². The number of anilines is 2. The molecule has 0 saturated carbocycles. The van der Waals surface area contributed by atoms with E-state index in [-0.39, 0.29) is 11.6 Å². The molecule has 0 unspecified atom stereocenters. The number of hydrogen-bond acceptors (Lipinski definition) is 3. The van der Waals surface area contributed by atoms with Gasteiger partial charge in [0, 0.05) is 36.4 Å². The minimum absolute atomic E-state index is 0.0574. The van der Waals surface area contributed by atoms with Gasteiger partial charge in [-0.25, -0.2) is 0 Å². The molecule has 104 valence electrons. The summed E-state index contributed by atoms with van der Waals surface area (Å²) in [7, 11) is 1.92. The lowest BCUT2D eigenvalue weighted by atomic mass is 10.1. The molecule has 0 fully saturated rings. The molecule has 0 radical (unpaired) electrons. The Morgan fingerprint density at radius 1 is 1.25 bits per heavy atom. The molecular weight excluding hydrogens is 276 g/mol. The second-order valence-electron chi connectivity index (χ2n) is 4.60. The number of aryl methyl sites for hydroxylation is 1. The standard InChI is InChI=1S/C15H15ClN2O2/c1-11-4-3-5-13(8-11)17(2)15-7-6-14(18(19)20)9-12(15)10-16/h3-9H,10H2,1-2H3.